The minimum absolute atomic E-state index is 0.140. The van der Waals surface area contributed by atoms with Gasteiger partial charge in [0.05, 0.1) is 5.52 Å². The van der Waals surface area contributed by atoms with E-state index in [1.54, 1.807) is 10.7 Å². The number of aryl methyl sites for hydroxylation is 1. The standard InChI is InChI=1S/C12H13FN2O/c1-15-5-9-11(14-15)3-2-10(13)12(9)8-4-7(8)6-16/h2-3,5,7-8,16H,4,6H2,1H3/t7-,8+/m0/s1. The molecule has 4 heteroatoms. The number of aromatic nitrogens is 2. The predicted octanol–water partition coefficient (Wildman–Crippen LogP) is 1.81. The summed E-state index contributed by atoms with van der Waals surface area (Å²) in [7, 11) is 1.83. The lowest BCUT2D eigenvalue weighted by Gasteiger charge is -2.02. The van der Waals surface area contributed by atoms with Gasteiger partial charge < -0.3 is 5.11 Å². The third kappa shape index (κ3) is 1.33. The van der Waals surface area contributed by atoms with Gasteiger partial charge in [-0.05, 0) is 30.4 Å². The van der Waals surface area contributed by atoms with Crippen molar-refractivity contribution >= 4 is 10.9 Å². The van der Waals surface area contributed by atoms with Gasteiger partial charge in [-0.1, -0.05) is 0 Å². The molecule has 2 aromatic rings. The van der Waals surface area contributed by atoms with Gasteiger partial charge in [-0.2, -0.15) is 5.10 Å². The van der Waals surface area contributed by atoms with E-state index in [-0.39, 0.29) is 24.3 Å². The van der Waals surface area contributed by atoms with Crippen LogP contribution in [-0.4, -0.2) is 21.5 Å². The molecule has 1 N–H and O–H groups in total. The summed E-state index contributed by atoms with van der Waals surface area (Å²) < 4.78 is 15.5. The van der Waals surface area contributed by atoms with E-state index in [0.29, 0.717) is 0 Å². The zero-order chi connectivity index (χ0) is 11.3. The lowest BCUT2D eigenvalue weighted by Crippen LogP contribution is -1.93. The number of hydrogen-bond donors (Lipinski definition) is 1. The molecule has 0 amide bonds. The summed E-state index contributed by atoms with van der Waals surface area (Å²) in [6.45, 7) is 0.140. The van der Waals surface area contributed by atoms with Gasteiger partial charge in [0.15, 0.2) is 0 Å². The number of benzene rings is 1. The van der Waals surface area contributed by atoms with Gasteiger partial charge in [-0.25, -0.2) is 4.39 Å². The molecule has 3 rings (SSSR count). The maximum absolute atomic E-state index is 13.8. The van der Waals surface area contributed by atoms with Gasteiger partial charge in [-0.3, -0.25) is 4.68 Å². The van der Waals surface area contributed by atoms with Crippen molar-refractivity contribution in [2.75, 3.05) is 6.61 Å². The second-order valence-corrected chi connectivity index (χ2v) is 4.48. The fraction of sp³-hybridized carbons (Fsp3) is 0.417. The van der Waals surface area contributed by atoms with Crippen LogP contribution in [0.3, 0.4) is 0 Å². The molecule has 0 unspecified atom stereocenters. The Balaban J connectivity index is 2.17. The van der Waals surface area contributed by atoms with Gasteiger partial charge in [0.25, 0.3) is 0 Å². The van der Waals surface area contributed by atoms with Crippen LogP contribution in [0, 0.1) is 11.7 Å². The summed E-state index contributed by atoms with van der Waals surface area (Å²) in [6, 6.07) is 3.17. The molecule has 2 atom stereocenters. The Morgan fingerprint density at radius 2 is 2.38 bits per heavy atom. The molecule has 16 heavy (non-hydrogen) atoms. The third-order valence-electron chi connectivity index (χ3n) is 3.32. The first-order valence-corrected chi connectivity index (χ1v) is 5.43. The predicted molar refractivity (Wildman–Crippen MR) is 58.6 cm³/mol. The minimum Gasteiger partial charge on any atom is -0.396 e. The second-order valence-electron chi connectivity index (χ2n) is 4.48. The van der Waals surface area contributed by atoms with Crippen molar-refractivity contribution in [2.24, 2.45) is 13.0 Å². The van der Waals surface area contributed by atoms with Crippen LogP contribution < -0.4 is 0 Å². The molecule has 3 nitrogen and oxygen atoms in total. The van der Waals surface area contributed by atoms with E-state index in [2.05, 4.69) is 5.10 Å². The van der Waals surface area contributed by atoms with Crippen molar-refractivity contribution in [3.8, 4) is 0 Å². The molecule has 0 aliphatic heterocycles. The number of aliphatic hydroxyl groups excluding tert-OH is 1. The van der Waals surface area contributed by atoms with Crippen LogP contribution in [0.1, 0.15) is 17.9 Å². The maximum Gasteiger partial charge on any atom is 0.127 e. The molecule has 84 valence electrons. The normalized spacial score (nSPS) is 23.9. The molecule has 0 bridgehead atoms. The Labute approximate surface area is 92.5 Å². The monoisotopic (exact) mass is 220 g/mol. The summed E-state index contributed by atoms with van der Waals surface area (Å²) in [5.74, 6) is 0.208. The van der Waals surface area contributed by atoms with E-state index in [4.69, 9.17) is 5.11 Å². The van der Waals surface area contributed by atoms with Crippen molar-refractivity contribution in [3.05, 3.63) is 29.7 Å². The van der Waals surface area contributed by atoms with Crippen molar-refractivity contribution in [2.45, 2.75) is 12.3 Å². The molecular formula is C12H13FN2O. The summed E-state index contributed by atoms with van der Waals surface area (Å²) in [4.78, 5) is 0. The average molecular weight is 220 g/mol. The Morgan fingerprint density at radius 1 is 1.56 bits per heavy atom. The molecule has 0 saturated heterocycles. The number of fused-ring (bicyclic) bond motifs is 1. The minimum atomic E-state index is -0.179. The largest absolute Gasteiger partial charge is 0.396 e. The number of hydrogen-bond acceptors (Lipinski definition) is 2. The van der Waals surface area contributed by atoms with Crippen molar-refractivity contribution < 1.29 is 9.50 Å². The summed E-state index contributed by atoms with van der Waals surface area (Å²) in [6.07, 6.45) is 2.72. The number of halogens is 1. The fourth-order valence-corrected chi connectivity index (χ4v) is 2.39. The molecule has 1 heterocycles. The van der Waals surface area contributed by atoms with E-state index in [1.165, 1.54) is 6.07 Å². The highest BCUT2D eigenvalue weighted by molar-refractivity contribution is 5.83. The molecule has 1 fully saturated rings. The lowest BCUT2D eigenvalue weighted by molar-refractivity contribution is 0.273. The van der Waals surface area contributed by atoms with Gasteiger partial charge in [0.1, 0.15) is 5.82 Å². The summed E-state index contributed by atoms with van der Waals surface area (Å²) in [5, 5.41) is 14.2. The molecule has 1 aromatic heterocycles. The molecule has 1 aliphatic carbocycles. The van der Waals surface area contributed by atoms with Crippen molar-refractivity contribution in [3.63, 3.8) is 0 Å². The Bertz CT molecular complexity index is 549. The Morgan fingerprint density at radius 3 is 3.06 bits per heavy atom. The van der Waals surface area contributed by atoms with Crippen molar-refractivity contribution in [1.29, 1.82) is 0 Å². The van der Waals surface area contributed by atoms with Crippen molar-refractivity contribution in [1.82, 2.24) is 9.78 Å². The molecular weight excluding hydrogens is 207 g/mol. The zero-order valence-corrected chi connectivity index (χ0v) is 9.02. The quantitative estimate of drug-likeness (QED) is 0.838. The highest BCUT2D eigenvalue weighted by Crippen LogP contribution is 2.49. The van der Waals surface area contributed by atoms with E-state index < -0.39 is 0 Å². The first-order chi connectivity index (χ1) is 7.70. The molecule has 0 radical (unpaired) electrons. The number of aliphatic hydroxyl groups is 1. The first-order valence-electron chi connectivity index (χ1n) is 5.43. The van der Waals surface area contributed by atoms with Gasteiger partial charge in [0.2, 0.25) is 0 Å². The number of nitrogens with zero attached hydrogens (tertiary/aromatic N) is 2. The topological polar surface area (TPSA) is 38.0 Å². The SMILES string of the molecule is Cn1cc2c([C@@H]3C[C@H]3CO)c(F)ccc2n1. The van der Waals surface area contributed by atoms with Crippen LogP contribution in [0.2, 0.25) is 0 Å². The van der Waals surface area contributed by atoms with Crippen LogP contribution in [0.4, 0.5) is 4.39 Å². The van der Waals surface area contributed by atoms with Crippen LogP contribution in [0.25, 0.3) is 10.9 Å². The molecule has 0 spiro atoms. The number of rotatable bonds is 2. The second kappa shape index (κ2) is 3.28. The Hall–Kier alpha value is -1.42. The van der Waals surface area contributed by atoms with Crippen LogP contribution in [0.5, 0.6) is 0 Å². The van der Waals surface area contributed by atoms with E-state index in [9.17, 15) is 4.39 Å². The third-order valence-corrected chi connectivity index (χ3v) is 3.32. The fourth-order valence-electron chi connectivity index (χ4n) is 2.39. The van der Waals surface area contributed by atoms with E-state index >= 15 is 0 Å². The van der Waals surface area contributed by atoms with Gasteiger partial charge in [0, 0.05) is 30.8 Å². The highest BCUT2D eigenvalue weighted by Gasteiger charge is 2.40. The molecule has 1 aromatic carbocycles. The summed E-state index contributed by atoms with van der Waals surface area (Å²) >= 11 is 0. The average Bonchev–Trinajstić information content (AvgIpc) is 2.92. The lowest BCUT2D eigenvalue weighted by atomic mass is 10.0. The maximum atomic E-state index is 13.8. The molecule has 1 aliphatic rings. The van der Waals surface area contributed by atoms with Gasteiger partial charge in [-0.15, -0.1) is 0 Å². The zero-order valence-electron chi connectivity index (χ0n) is 9.02. The molecule has 1 saturated carbocycles. The van der Waals surface area contributed by atoms with Crippen LogP contribution >= 0.6 is 0 Å². The first kappa shape index (κ1) is 9.78. The van der Waals surface area contributed by atoms with E-state index in [0.717, 1.165) is 22.9 Å². The van der Waals surface area contributed by atoms with Crippen LogP contribution in [0.15, 0.2) is 18.3 Å². The Kier molecular flexibility index (Phi) is 2.01. The van der Waals surface area contributed by atoms with E-state index in [1.807, 2.05) is 13.2 Å². The smallest absolute Gasteiger partial charge is 0.127 e. The summed E-state index contributed by atoms with van der Waals surface area (Å²) in [5.41, 5.74) is 1.55. The highest BCUT2D eigenvalue weighted by atomic mass is 19.1. The van der Waals surface area contributed by atoms with Crippen LogP contribution in [-0.2, 0) is 7.05 Å². The van der Waals surface area contributed by atoms with Gasteiger partial charge >= 0.3 is 0 Å².